The third kappa shape index (κ3) is 7.11. The van der Waals surface area contributed by atoms with Crippen molar-refractivity contribution in [3.05, 3.63) is 89.7 Å². The number of aromatic nitrogens is 1. The first-order valence-electron chi connectivity index (χ1n) is 9.74. The molecule has 0 aliphatic heterocycles. The van der Waals surface area contributed by atoms with Gasteiger partial charge in [-0.3, -0.25) is 4.98 Å². The first kappa shape index (κ1) is 24.4. The smallest absolute Gasteiger partial charge is 0.422 e. The molecule has 0 aliphatic rings. The Morgan fingerprint density at radius 2 is 1.21 bits per heavy atom. The summed E-state index contributed by atoms with van der Waals surface area (Å²) in [6.45, 7) is -2.95. The van der Waals surface area contributed by atoms with Gasteiger partial charge < -0.3 is 15.2 Å². The van der Waals surface area contributed by atoms with Crippen LogP contribution < -0.4 is 15.2 Å². The maximum absolute atomic E-state index is 12.6. The Balaban J connectivity index is 2.00. The molecule has 0 aliphatic carbocycles. The van der Waals surface area contributed by atoms with Gasteiger partial charge in [-0.2, -0.15) is 26.3 Å². The first-order valence-corrected chi connectivity index (χ1v) is 9.74. The van der Waals surface area contributed by atoms with E-state index in [-0.39, 0.29) is 17.9 Å². The average Bonchev–Trinajstić information content (AvgIpc) is 2.76. The Morgan fingerprint density at radius 1 is 0.697 bits per heavy atom. The van der Waals surface area contributed by atoms with E-state index in [4.69, 9.17) is 15.2 Å². The summed E-state index contributed by atoms with van der Waals surface area (Å²) in [5.41, 5.74) is 6.77. The van der Waals surface area contributed by atoms with Gasteiger partial charge in [-0.15, -0.1) is 0 Å². The van der Waals surface area contributed by atoms with Crippen molar-refractivity contribution >= 4 is 0 Å². The average molecular weight is 470 g/mol. The normalized spacial score (nSPS) is 12.5. The Bertz CT molecular complexity index is 993. The summed E-state index contributed by atoms with van der Waals surface area (Å²) in [6.07, 6.45) is -7.37. The van der Waals surface area contributed by atoms with Crippen LogP contribution in [0.2, 0.25) is 0 Å². The number of halogens is 6. The summed E-state index contributed by atoms with van der Waals surface area (Å²) >= 11 is 0. The van der Waals surface area contributed by atoms with Gasteiger partial charge in [0.2, 0.25) is 0 Å². The van der Waals surface area contributed by atoms with Gasteiger partial charge in [-0.1, -0.05) is 30.3 Å². The Kier molecular flexibility index (Phi) is 7.16. The third-order valence-electron chi connectivity index (χ3n) is 4.69. The molecule has 0 saturated carbocycles. The van der Waals surface area contributed by atoms with E-state index in [9.17, 15) is 26.3 Å². The molecule has 2 N–H and O–H groups in total. The van der Waals surface area contributed by atoms with E-state index in [1.807, 2.05) is 0 Å². The molecule has 1 aromatic heterocycles. The number of ether oxygens (including phenoxy) is 2. The van der Waals surface area contributed by atoms with Gasteiger partial charge in [-0.05, 0) is 47.5 Å². The van der Waals surface area contributed by atoms with E-state index in [0.717, 1.165) is 0 Å². The van der Waals surface area contributed by atoms with Crippen molar-refractivity contribution in [3.8, 4) is 11.5 Å². The number of nitrogens with two attached hydrogens (primary N) is 1. The Labute approximate surface area is 186 Å². The van der Waals surface area contributed by atoms with E-state index < -0.39 is 31.1 Å². The van der Waals surface area contributed by atoms with Crippen LogP contribution in [0, 0.1) is 0 Å². The molecule has 0 fully saturated rings. The number of rotatable bonds is 8. The van der Waals surface area contributed by atoms with Gasteiger partial charge in [-0.25, -0.2) is 0 Å². The van der Waals surface area contributed by atoms with Crippen molar-refractivity contribution in [2.45, 2.75) is 24.3 Å². The Morgan fingerprint density at radius 3 is 1.64 bits per heavy atom. The summed E-state index contributed by atoms with van der Waals surface area (Å²) in [4.78, 5) is 4.26. The third-order valence-corrected chi connectivity index (χ3v) is 4.69. The van der Waals surface area contributed by atoms with E-state index in [1.165, 1.54) is 36.4 Å². The summed E-state index contributed by atoms with van der Waals surface area (Å²) in [7, 11) is 0. The lowest BCUT2D eigenvalue weighted by molar-refractivity contribution is -0.154. The van der Waals surface area contributed by atoms with Gasteiger partial charge in [0, 0.05) is 18.3 Å². The monoisotopic (exact) mass is 470 g/mol. The molecule has 1 heterocycles. The standard InChI is InChI=1S/C23H20F6N2O2/c24-22(25,26)14-32-19-8-3-5-16(11-19)21(30,13-18-7-1-2-10-31-18)17-6-4-9-20(12-17)33-15-23(27,28)29/h1-12H,13-15,30H2. The van der Waals surface area contributed by atoms with Gasteiger partial charge in [0.05, 0.1) is 5.54 Å². The Hall–Kier alpha value is -3.27. The highest BCUT2D eigenvalue weighted by Gasteiger charge is 2.33. The highest BCUT2D eigenvalue weighted by Crippen LogP contribution is 2.34. The van der Waals surface area contributed by atoms with E-state index >= 15 is 0 Å². The maximum Gasteiger partial charge on any atom is 0.422 e. The lowest BCUT2D eigenvalue weighted by atomic mass is 9.80. The van der Waals surface area contributed by atoms with Crippen LogP contribution >= 0.6 is 0 Å². The van der Waals surface area contributed by atoms with Crippen LogP contribution in [0.3, 0.4) is 0 Å². The van der Waals surface area contributed by atoms with Gasteiger partial charge in [0.1, 0.15) is 11.5 Å². The number of hydrogen-bond donors (Lipinski definition) is 1. The zero-order valence-corrected chi connectivity index (χ0v) is 17.2. The van der Waals surface area contributed by atoms with E-state index in [1.54, 1.807) is 36.5 Å². The molecule has 10 heteroatoms. The second-order valence-electron chi connectivity index (χ2n) is 7.33. The van der Waals surface area contributed by atoms with E-state index in [0.29, 0.717) is 16.8 Å². The summed E-state index contributed by atoms with van der Waals surface area (Å²) in [5, 5.41) is 0. The molecule has 0 spiro atoms. The number of alkyl halides is 6. The predicted octanol–water partition coefficient (Wildman–Crippen LogP) is 5.41. The minimum Gasteiger partial charge on any atom is -0.484 e. The molecular weight excluding hydrogens is 450 g/mol. The molecule has 0 unspecified atom stereocenters. The maximum atomic E-state index is 12.6. The highest BCUT2D eigenvalue weighted by molar-refractivity contribution is 5.45. The van der Waals surface area contributed by atoms with Crippen molar-refractivity contribution in [1.82, 2.24) is 4.98 Å². The summed E-state index contributed by atoms with van der Waals surface area (Å²) < 4.78 is 85.2. The number of nitrogens with zero attached hydrogens (tertiary/aromatic N) is 1. The molecule has 3 rings (SSSR count). The fourth-order valence-corrected chi connectivity index (χ4v) is 3.22. The van der Waals surface area contributed by atoms with Crippen LogP contribution in [0.25, 0.3) is 0 Å². The quantitative estimate of drug-likeness (QED) is 0.448. The van der Waals surface area contributed by atoms with Crippen LogP contribution in [0.1, 0.15) is 16.8 Å². The highest BCUT2D eigenvalue weighted by atomic mass is 19.4. The van der Waals surface area contributed by atoms with Crippen LogP contribution in [0.4, 0.5) is 26.3 Å². The lowest BCUT2D eigenvalue weighted by Crippen LogP contribution is -2.40. The van der Waals surface area contributed by atoms with Crippen molar-refractivity contribution in [3.63, 3.8) is 0 Å². The summed E-state index contributed by atoms with van der Waals surface area (Å²) in [5.74, 6) is -0.102. The molecular formula is C23H20F6N2O2. The van der Waals surface area contributed by atoms with Crippen LogP contribution in [0.5, 0.6) is 11.5 Å². The van der Waals surface area contributed by atoms with Crippen LogP contribution in [-0.4, -0.2) is 30.6 Å². The second-order valence-corrected chi connectivity index (χ2v) is 7.33. The van der Waals surface area contributed by atoms with Crippen molar-refractivity contribution in [2.24, 2.45) is 5.73 Å². The molecule has 4 nitrogen and oxygen atoms in total. The zero-order chi connectivity index (χ0) is 24.1. The molecule has 176 valence electrons. The molecule has 0 amide bonds. The zero-order valence-electron chi connectivity index (χ0n) is 17.2. The molecule has 0 radical (unpaired) electrons. The fourth-order valence-electron chi connectivity index (χ4n) is 3.22. The van der Waals surface area contributed by atoms with E-state index in [2.05, 4.69) is 4.98 Å². The first-order chi connectivity index (χ1) is 15.4. The van der Waals surface area contributed by atoms with Crippen LogP contribution in [0.15, 0.2) is 72.9 Å². The van der Waals surface area contributed by atoms with Crippen LogP contribution in [-0.2, 0) is 12.0 Å². The molecule has 0 atom stereocenters. The van der Waals surface area contributed by atoms with Gasteiger partial charge in [0.25, 0.3) is 0 Å². The number of pyridine rings is 1. The van der Waals surface area contributed by atoms with Crippen molar-refractivity contribution in [2.75, 3.05) is 13.2 Å². The molecule has 33 heavy (non-hydrogen) atoms. The largest absolute Gasteiger partial charge is 0.484 e. The van der Waals surface area contributed by atoms with Crippen molar-refractivity contribution in [1.29, 1.82) is 0 Å². The predicted molar refractivity (Wildman–Crippen MR) is 109 cm³/mol. The van der Waals surface area contributed by atoms with Gasteiger partial charge >= 0.3 is 12.4 Å². The second kappa shape index (κ2) is 9.70. The SMILES string of the molecule is NC(Cc1ccccn1)(c1cccc(OCC(F)(F)F)c1)c1cccc(OCC(F)(F)F)c1. The molecule has 3 aromatic rings. The number of benzene rings is 2. The number of hydrogen-bond acceptors (Lipinski definition) is 4. The molecule has 0 saturated heterocycles. The molecule has 2 aromatic carbocycles. The minimum absolute atomic E-state index is 0.0508. The molecule has 0 bridgehead atoms. The summed E-state index contributed by atoms with van der Waals surface area (Å²) in [6, 6.07) is 16.8. The fraction of sp³-hybridized carbons (Fsp3) is 0.261. The topological polar surface area (TPSA) is 57.4 Å². The lowest BCUT2D eigenvalue weighted by Gasteiger charge is -2.31. The van der Waals surface area contributed by atoms with Crippen molar-refractivity contribution < 1.29 is 35.8 Å². The minimum atomic E-state index is -4.52. The van der Waals surface area contributed by atoms with Gasteiger partial charge in [0.15, 0.2) is 13.2 Å².